The molecular weight excluding hydrogens is 528 g/mol. The predicted octanol–water partition coefficient (Wildman–Crippen LogP) is 2.36. The molecule has 0 aromatic heterocycles. The van der Waals surface area contributed by atoms with Gasteiger partial charge in [-0.05, 0) is 32.6 Å². The highest BCUT2D eigenvalue weighted by Gasteiger charge is 2.68. The molecule has 3 rings (SSSR count). The van der Waals surface area contributed by atoms with Gasteiger partial charge < -0.3 is 25.2 Å². The Bertz CT molecular complexity index is 1160. The second-order valence-corrected chi connectivity index (χ2v) is 9.55. The number of ether oxygens (including phenoxy) is 1. The molecule has 190 valence electrons. The van der Waals surface area contributed by atoms with Gasteiger partial charge in [-0.2, -0.15) is 0 Å². The lowest BCUT2D eigenvalue weighted by Crippen LogP contribution is -2.76. The number of hydrogen-bond acceptors (Lipinski definition) is 7. The van der Waals surface area contributed by atoms with Crippen LogP contribution < -0.4 is 0 Å². The average molecular weight is 557 g/mol. The van der Waals surface area contributed by atoms with E-state index in [0.717, 1.165) is 7.11 Å². The smallest absolute Gasteiger partial charge is 0.337 e. The first-order chi connectivity index (χ1) is 17.1. The van der Waals surface area contributed by atoms with E-state index in [4.69, 9.17) is 4.74 Å². The van der Waals surface area contributed by atoms with Crippen LogP contribution in [-0.2, 0) is 33.6 Å². The lowest BCUT2D eigenvalue weighted by atomic mass is 9.62. The van der Waals surface area contributed by atoms with Crippen molar-refractivity contribution in [3.05, 3.63) is 108 Å². The first kappa shape index (κ1) is 27.7. The van der Waals surface area contributed by atoms with Crippen LogP contribution in [0.3, 0.4) is 0 Å². The molecule has 0 fully saturated rings. The van der Waals surface area contributed by atoms with Crippen molar-refractivity contribution in [2.75, 3.05) is 7.11 Å². The van der Waals surface area contributed by atoms with E-state index in [1.54, 1.807) is 91.0 Å². The van der Waals surface area contributed by atoms with Crippen LogP contribution in [0, 0.1) is 0 Å². The van der Waals surface area contributed by atoms with Crippen molar-refractivity contribution < 1.29 is 34.8 Å². The molecule has 0 unspecified atom stereocenters. The number of esters is 1. The molecule has 0 aliphatic heterocycles. The maximum absolute atomic E-state index is 13.1. The summed E-state index contributed by atoms with van der Waals surface area (Å²) in [5.41, 5.74) is -6.88. The van der Waals surface area contributed by atoms with Gasteiger partial charge in [-0.15, -0.1) is 0 Å². The molecule has 0 spiro atoms. The Labute approximate surface area is 218 Å². The monoisotopic (exact) mass is 556 g/mol. The largest absolute Gasteiger partial charge is 0.467 e. The zero-order valence-electron chi connectivity index (χ0n) is 19.8. The minimum atomic E-state index is -2.79. The molecule has 0 heterocycles. The molecule has 7 nitrogen and oxygen atoms in total. The molecule has 3 aromatic rings. The van der Waals surface area contributed by atoms with Crippen LogP contribution in [0.4, 0.5) is 0 Å². The number of carbonyl (C=O) groups is 2. The molecule has 0 saturated carbocycles. The van der Waals surface area contributed by atoms with Crippen LogP contribution in [0.1, 0.15) is 16.7 Å². The van der Waals surface area contributed by atoms with E-state index >= 15 is 0 Å². The Kier molecular flexibility index (Phi) is 8.81. The van der Waals surface area contributed by atoms with Crippen molar-refractivity contribution >= 4 is 26.6 Å². The maximum atomic E-state index is 13.1. The minimum Gasteiger partial charge on any atom is -0.467 e. The fourth-order valence-electron chi connectivity index (χ4n) is 4.50. The molecule has 0 saturated heterocycles. The van der Waals surface area contributed by atoms with Crippen molar-refractivity contribution in [2.24, 2.45) is 0 Å². The van der Waals surface area contributed by atoms with Crippen molar-refractivity contribution in [1.82, 2.24) is 0 Å². The molecule has 36 heavy (non-hydrogen) atoms. The molecule has 0 amide bonds. The SMILES string of the molecule is COC(=O)[C@@H](O)[C@](O)(Cc1ccccc1)[C@@](O)(Cc1ccccc1)[C@](O)(Cc1ccccc1)C(=O)Br. The summed E-state index contributed by atoms with van der Waals surface area (Å²) < 4.78 is 3.67. The third kappa shape index (κ3) is 5.43. The Morgan fingerprint density at radius 3 is 1.53 bits per heavy atom. The normalized spacial score (nSPS) is 17.2. The predicted molar refractivity (Wildman–Crippen MR) is 137 cm³/mol. The molecule has 0 radical (unpaired) electrons. The van der Waals surface area contributed by atoms with Gasteiger partial charge in [0.15, 0.2) is 11.7 Å². The Hall–Kier alpha value is -2.88. The summed E-state index contributed by atoms with van der Waals surface area (Å²) in [5.74, 6) is -1.23. The zero-order chi connectivity index (χ0) is 26.4. The highest BCUT2D eigenvalue weighted by Crippen LogP contribution is 2.44. The lowest BCUT2D eigenvalue weighted by molar-refractivity contribution is -0.264. The lowest BCUT2D eigenvalue weighted by Gasteiger charge is -2.52. The van der Waals surface area contributed by atoms with Gasteiger partial charge in [0, 0.05) is 19.3 Å². The number of carbonyl (C=O) groups excluding carboxylic acids is 2. The highest BCUT2D eigenvalue weighted by atomic mass is 79.9. The van der Waals surface area contributed by atoms with Gasteiger partial charge >= 0.3 is 5.97 Å². The van der Waals surface area contributed by atoms with Crippen LogP contribution in [0.15, 0.2) is 91.0 Å². The van der Waals surface area contributed by atoms with Gasteiger partial charge in [-0.1, -0.05) is 91.0 Å². The van der Waals surface area contributed by atoms with Crippen LogP contribution in [0.25, 0.3) is 0 Å². The number of hydrogen-bond donors (Lipinski definition) is 4. The molecule has 0 aliphatic carbocycles. The molecular formula is C28H29BrO7. The van der Waals surface area contributed by atoms with Crippen LogP contribution in [-0.4, -0.2) is 61.1 Å². The van der Waals surface area contributed by atoms with Crippen molar-refractivity contribution in [3.63, 3.8) is 0 Å². The quantitative estimate of drug-likeness (QED) is 0.211. The van der Waals surface area contributed by atoms with Gasteiger partial charge in [0.2, 0.25) is 4.69 Å². The van der Waals surface area contributed by atoms with E-state index in [-0.39, 0.29) is 0 Å². The third-order valence-electron chi connectivity index (χ3n) is 6.52. The zero-order valence-corrected chi connectivity index (χ0v) is 21.3. The summed E-state index contributed by atoms with van der Waals surface area (Å²) >= 11 is 2.83. The first-order valence-electron chi connectivity index (χ1n) is 11.3. The van der Waals surface area contributed by atoms with E-state index < -0.39 is 52.8 Å². The number of aliphatic hydroxyl groups excluding tert-OH is 1. The topological polar surface area (TPSA) is 124 Å². The van der Waals surface area contributed by atoms with Crippen molar-refractivity contribution in [3.8, 4) is 0 Å². The van der Waals surface area contributed by atoms with Crippen LogP contribution >= 0.6 is 15.9 Å². The van der Waals surface area contributed by atoms with Crippen LogP contribution in [0.2, 0.25) is 0 Å². The van der Waals surface area contributed by atoms with Gasteiger partial charge in [0.1, 0.15) is 11.2 Å². The number of methoxy groups -OCH3 is 1. The highest BCUT2D eigenvalue weighted by molar-refractivity contribution is 9.18. The molecule has 4 atom stereocenters. The Balaban J connectivity index is 2.29. The number of benzene rings is 3. The number of rotatable bonds is 11. The molecule has 0 aliphatic rings. The second kappa shape index (κ2) is 11.5. The third-order valence-corrected chi connectivity index (χ3v) is 7.18. The van der Waals surface area contributed by atoms with Gasteiger partial charge in [0.05, 0.1) is 7.11 Å². The number of aliphatic hydroxyl groups is 4. The first-order valence-corrected chi connectivity index (χ1v) is 12.1. The van der Waals surface area contributed by atoms with E-state index in [0.29, 0.717) is 16.7 Å². The van der Waals surface area contributed by atoms with Crippen molar-refractivity contribution in [2.45, 2.75) is 42.2 Å². The summed E-state index contributed by atoms with van der Waals surface area (Å²) in [5, 5.41) is 47.6. The van der Waals surface area contributed by atoms with Crippen LogP contribution in [0.5, 0.6) is 0 Å². The van der Waals surface area contributed by atoms with E-state index in [1.165, 1.54) is 0 Å². The maximum Gasteiger partial charge on any atom is 0.337 e. The summed E-state index contributed by atoms with van der Waals surface area (Å²) in [4.78, 5) is 25.6. The van der Waals surface area contributed by atoms with Gasteiger partial charge in [-0.25, -0.2) is 4.79 Å². The minimum absolute atomic E-state index is 0.424. The van der Waals surface area contributed by atoms with E-state index in [9.17, 15) is 30.0 Å². The van der Waals surface area contributed by atoms with Crippen molar-refractivity contribution in [1.29, 1.82) is 0 Å². The average Bonchev–Trinajstić information content (AvgIpc) is 2.89. The summed E-state index contributed by atoms with van der Waals surface area (Å²) in [6.07, 6.45) is -3.70. The van der Waals surface area contributed by atoms with Gasteiger partial charge in [-0.3, -0.25) is 4.79 Å². The molecule has 4 N–H and O–H groups in total. The summed E-state index contributed by atoms with van der Waals surface area (Å²) in [6, 6.07) is 25.2. The van der Waals surface area contributed by atoms with E-state index in [1.807, 2.05) is 0 Å². The van der Waals surface area contributed by atoms with E-state index in [2.05, 4.69) is 15.9 Å². The molecule has 3 aromatic carbocycles. The molecule has 8 heteroatoms. The second-order valence-electron chi connectivity index (χ2n) is 8.83. The Morgan fingerprint density at radius 1 is 0.750 bits per heavy atom. The molecule has 0 bridgehead atoms. The summed E-state index contributed by atoms with van der Waals surface area (Å²) in [6.45, 7) is 0. The fourth-order valence-corrected chi connectivity index (χ4v) is 4.97. The summed E-state index contributed by atoms with van der Waals surface area (Å²) in [7, 11) is 1.02. The standard InChI is InChI=1S/C28H29BrO7/c1-36-24(31)23(30)26(33,17-20-11-5-2-6-12-20)28(35,19-22-15-9-4-10-16-22)27(34,25(29)32)18-21-13-7-3-8-14-21/h2-16,23,30,33-35H,17-19H2,1H3/t23-,26-,27+,28+/m1/s1. The Morgan fingerprint density at radius 2 is 1.14 bits per heavy atom. The fraction of sp³-hybridized carbons (Fsp3) is 0.286. The number of halogens is 1. The van der Waals surface area contributed by atoms with Gasteiger partial charge in [0.25, 0.3) is 0 Å².